The van der Waals surface area contributed by atoms with Crippen molar-refractivity contribution in [1.82, 2.24) is 5.32 Å². The average Bonchev–Trinajstić information content (AvgIpc) is 2.55. The van der Waals surface area contributed by atoms with Crippen LogP contribution in [-0.2, 0) is 6.42 Å². The average molecular weight is 359 g/mol. The second kappa shape index (κ2) is 5.64. The van der Waals surface area contributed by atoms with Crippen LogP contribution in [0, 0.1) is 0 Å². The Bertz CT molecular complexity index is 825. The molecule has 24 heavy (non-hydrogen) atoms. The van der Waals surface area contributed by atoms with E-state index in [1.165, 1.54) is 5.56 Å². The molecule has 5 heteroatoms. The number of nitrogens with zero attached hydrogens (tertiary/aromatic N) is 1. The molecule has 2 heterocycles. The van der Waals surface area contributed by atoms with Crippen LogP contribution in [0.4, 0.5) is 5.69 Å². The lowest BCUT2D eigenvalue weighted by Crippen LogP contribution is -2.65. The minimum absolute atomic E-state index is 0.121. The van der Waals surface area contributed by atoms with E-state index in [4.69, 9.17) is 28.6 Å². The van der Waals surface area contributed by atoms with E-state index in [1.807, 2.05) is 18.2 Å². The topological polar surface area (TPSA) is 24.5 Å². The molecular formula is C19H19ClN2OS. The van der Waals surface area contributed by atoms with Crippen LogP contribution >= 0.6 is 23.8 Å². The number of nitrogens with one attached hydrogen (secondary N) is 1. The summed E-state index contributed by atoms with van der Waals surface area (Å²) in [6.45, 7) is 4.25. The summed E-state index contributed by atoms with van der Waals surface area (Å²) in [5.74, 6) is 0.866. The van der Waals surface area contributed by atoms with Crippen LogP contribution in [0.5, 0.6) is 5.75 Å². The maximum Gasteiger partial charge on any atom is 0.188 e. The number of ether oxygens (including phenoxy) is 1. The minimum Gasteiger partial charge on any atom is -0.467 e. The largest absolute Gasteiger partial charge is 0.467 e. The lowest BCUT2D eigenvalue weighted by Gasteiger charge is -2.52. The minimum atomic E-state index is -0.514. The fraction of sp³-hybridized carbons (Fsp3) is 0.316. The Morgan fingerprint density at radius 1 is 1.33 bits per heavy atom. The summed E-state index contributed by atoms with van der Waals surface area (Å²) in [4.78, 5) is 2.09. The molecule has 2 aromatic rings. The van der Waals surface area contributed by atoms with E-state index in [-0.39, 0.29) is 6.04 Å². The SMILES string of the molecule is CCc1cccc(N2C(=S)NC3CC2(C)Oc2ccc(Cl)cc23)c1. The molecule has 2 aliphatic rings. The highest BCUT2D eigenvalue weighted by Crippen LogP contribution is 2.46. The molecule has 0 aromatic heterocycles. The number of aryl methyl sites for hydroxylation is 1. The number of halogens is 1. The van der Waals surface area contributed by atoms with E-state index in [1.54, 1.807) is 0 Å². The van der Waals surface area contributed by atoms with Crippen LogP contribution in [-0.4, -0.2) is 10.8 Å². The van der Waals surface area contributed by atoms with E-state index < -0.39 is 5.72 Å². The standard InChI is InChI=1S/C19H19ClN2OS/c1-3-12-5-4-6-14(9-12)22-18(24)21-16-11-19(22,2)23-17-8-7-13(20)10-15(16)17/h4-10,16H,3,11H2,1-2H3,(H,21,24). The molecule has 2 aliphatic heterocycles. The number of rotatable bonds is 2. The van der Waals surface area contributed by atoms with Crippen LogP contribution in [0.15, 0.2) is 42.5 Å². The van der Waals surface area contributed by atoms with Gasteiger partial charge in [-0.1, -0.05) is 30.7 Å². The number of fused-ring (bicyclic) bond motifs is 4. The highest BCUT2D eigenvalue weighted by molar-refractivity contribution is 7.80. The maximum absolute atomic E-state index is 6.40. The first-order chi connectivity index (χ1) is 11.5. The van der Waals surface area contributed by atoms with Crippen molar-refractivity contribution in [3.8, 4) is 5.75 Å². The highest BCUT2D eigenvalue weighted by Gasteiger charge is 2.48. The Balaban J connectivity index is 1.79. The summed E-state index contributed by atoms with van der Waals surface area (Å²) in [7, 11) is 0. The van der Waals surface area contributed by atoms with Crippen molar-refractivity contribution in [1.29, 1.82) is 0 Å². The first-order valence-electron chi connectivity index (χ1n) is 8.18. The molecule has 2 aromatic carbocycles. The summed E-state index contributed by atoms with van der Waals surface area (Å²) in [6, 6.07) is 14.4. The van der Waals surface area contributed by atoms with Crippen molar-refractivity contribution in [3.05, 3.63) is 58.6 Å². The lowest BCUT2D eigenvalue weighted by atomic mass is 9.90. The van der Waals surface area contributed by atoms with Gasteiger partial charge in [0, 0.05) is 22.7 Å². The zero-order valence-electron chi connectivity index (χ0n) is 13.7. The van der Waals surface area contributed by atoms with Crippen molar-refractivity contribution in [2.75, 3.05) is 4.90 Å². The molecule has 1 fully saturated rings. The zero-order chi connectivity index (χ0) is 16.9. The number of hydrogen-bond acceptors (Lipinski definition) is 2. The second-order valence-electron chi connectivity index (χ2n) is 6.52. The van der Waals surface area contributed by atoms with Gasteiger partial charge in [0.05, 0.1) is 6.04 Å². The van der Waals surface area contributed by atoms with Crippen molar-refractivity contribution in [2.45, 2.75) is 38.5 Å². The number of anilines is 1. The molecule has 2 unspecified atom stereocenters. The van der Waals surface area contributed by atoms with Crippen LogP contribution in [0.1, 0.15) is 37.4 Å². The van der Waals surface area contributed by atoms with Crippen molar-refractivity contribution < 1.29 is 4.74 Å². The third kappa shape index (κ3) is 2.45. The fourth-order valence-electron chi connectivity index (χ4n) is 3.65. The van der Waals surface area contributed by atoms with Crippen LogP contribution in [0.25, 0.3) is 0 Å². The normalized spacial score (nSPS) is 24.9. The second-order valence-corrected chi connectivity index (χ2v) is 7.35. The predicted molar refractivity (Wildman–Crippen MR) is 102 cm³/mol. The van der Waals surface area contributed by atoms with Crippen molar-refractivity contribution >= 4 is 34.6 Å². The highest BCUT2D eigenvalue weighted by atomic mass is 35.5. The van der Waals surface area contributed by atoms with Crippen LogP contribution < -0.4 is 15.0 Å². The van der Waals surface area contributed by atoms with Gasteiger partial charge in [-0.15, -0.1) is 0 Å². The Labute approximate surface area is 152 Å². The van der Waals surface area contributed by atoms with E-state index in [0.717, 1.165) is 29.8 Å². The van der Waals surface area contributed by atoms with Gasteiger partial charge in [-0.3, -0.25) is 4.90 Å². The predicted octanol–water partition coefficient (Wildman–Crippen LogP) is 4.84. The van der Waals surface area contributed by atoms with E-state index >= 15 is 0 Å². The molecule has 1 saturated heterocycles. The molecule has 4 rings (SSSR count). The number of hydrogen-bond donors (Lipinski definition) is 1. The summed E-state index contributed by atoms with van der Waals surface area (Å²) in [5.41, 5.74) is 2.90. The van der Waals surface area contributed by atoms with Gasteiger partial charge in [0.15, 0.2) is 10.8 Å². The van der Waals surface area contributed by atoms with Gasteiger partial charge in [-0.2, -0.15) is 0 Å². The van der Waals surface area contributed by atoms with Gasteiger partial charge < -0.3 is 10.1 Å². The molecule has 0 spiro atoms. The van der Waals surface area contributed by atoms with E-state index in [9.17, 15) is 0 Å². The Morgan fingerprint density at radius 2 is 2.17 bits per heavy atom. The fourth-order valence-corrected chi connectivity index (χ4v) is 4.27. The quantitative estimate of drug-likeness (QED) is 0.776. The summed E-state index contributed by atoms with van der Waals surface area (Å²) < 4.78 is 6.40. The zero-order valence-corrected chi connectivity index (χ0v) is 15.2. The third-order valence-corrected chi connectivity index (χ3v) is 5.35. The molecule has 124 valence electrons. The third-order valence-electron chi connectivity index (χ3n) is 4.81. The molecule has 1 N–H and O–H groups in total. The molecule has 0 saturated carbocycles. The summed E-state index contributed by atoms with van der Waals surface area (Å²) in [5, 5.41) is 4.86. The Hall–Kier alpha value is -1.78. The van der Waals surface area contributed by atoms with Gasteiger partial charge in [-0.25, -0.2) is 0 Å². The molecule has 0 radical (unpaired) electrons. The molecule has 2 bridgehead atoms. The molecular weight excluding hydrogens is 340 g/mol. The summed E-state index contributed by atoms with van der Waals surface area (Å²) >= 11 is 11.8. The molecule has 3 nitrogen and oxygen atoms in total. The van der Waals surface area contributed by atoms with Gasteiger partial charge in [-0.05, 0) is 61.5 Å². The molecule has 2 atom stereocenters. The van der Waals surface area contributed by atoms with Gasteiger partial charge in [0.2, 0.25) is 0 Å². The van der Waals surface area contributed by atoms with Crippen LogP contribution in [0.3, 0.4) is 0 Å². The Kier molecular flexibility index (Phi) is 3.70. The number of benzene rings is 2. The van der Waals surface area contributed by atoms with Gasteiger partial charge in [0.25, 0.3) is 0 Å². The first kappa shape index (κ1) is 15.7. The van der Waals surface area contributed by atoms with Crippen LogP contribution in [0.2, 0.25) is 5.02 Å². The van der Waals surface area contributed by atoms with E-state index in [0.29, 0.717) is 10.1 Å². The first-order valence-corrected chi connectivity index (χ1v) is 8.97. The maximum atomic E-state index is 6.40. The molecule has 0 amide bonds. The number of thiocarbonyl (C=S) groups is 1. The molecule has 0 aliphatic carbocycles. The lowest BCUT2D eigenvalue weighted by molar-refractivity contribution is 0.0498. The summed E-state index contributed by atoms with van der Waals surface area (Å²) in [6.07, 6.45) is 1.79. The van der Waals surface area contributed by atoms with Gasteiger partial charge in [0.1, 0.15) is 5.75 Å². The van der Waals surface area contributed by atoms with Crippen molar-refractivity contribution in [3.63, 3.8) is 0 Å². The van der Waals surface area contributed by atoms with Gasteiger partial charge >= 0.3 is 0 Å². The smallest absolute Gasteiger partial charge is 0.188 e. The van der Waals surface area contributed by atoms with E-state index in [2.05, 4.69) is 48.3 Å². The Morgan fingerprint density at radius 3 is 2.96 bits per heavy atom. The van der Waals surface area contributed by atoms with Crippen molar-refractivity contribution in [2.24, 2.45) is 0 Å². The monoisotopic (exact) mass is 358 g/mol.